The Bertz CT molecular complexity index is 613. The highest BCUT2D eigenvalue weighted by Crippen LogP contribution is 2.20. The lowest BCUT2D eigenvalue weighted by atomic mass is 10.0. The highest BCUT2D eigenvalue weighted by atomic mass is 16.5. The lowest BCUT2D eigenvalue weighted by Gasteiger charge is -2.21. The number of aliphatic hydroxyl groups is 1. The fourth-order valence-electron chi connectivity index (χ4n) is 2.27. The van der Waals surface area contributed by atoms with Crippen LogP contribution in [0.25, 0.3) is 0 Å². The van der Waals surface area contributed by atoms with Crippen LogP contribution in [0.2, 0.25) is 0 Å². The summed E-state index contributed by atoms with van der Waals surface area (Å²) in [4.78, 5) is 4.26. The molecule has 0 aliphatic rings. The maximum atomic E-state index is 10.1. The van der Waals surface area contributed by atoms with E-state index < -0.39 is 6.10 Å². The normalized spacial score (nSPS) is 14.0. The van der Waals surface area contributed by atoms with Crippen LogP contribution in [0.3, 0.4) is 0 Å². The van der Waals surface area contributed by atoms with Crippen molar-refractivity contribution < 1.29 is 14.4 Å². The van der Waals surface area contributed by atoms with Crippen LogP contribution < -0.4 is 10.1 Å². The van der Waals surface area contributed by atoms with Gasteiger partial charge in [-0.15, -0.1) is 0 Å². The maximum Gasteiger partial charge on any atom is 0.244 e. The van der Waals surface area contributed by atoms with Crippen LogP contribution in [0, 0.1) is 19.8 Å². The monoisotopic (exact) mass is 319 g/mol. The molecule has 2 atom stereocenters. The standard InChI is InChI=1S/C17H25N3O3/c1-11(2)16(17-19-13(4)20-23-17)18-9-14(21)10-22-15-8-6-5-7-12(15)3/h5-8,11,14,16,18,21H,9-10H2,1-4H3. The molecule has 2 rings (SSSR count). The van der Waals surface area contributed by atoms with Gasteiger partial charge in [0.2, 0.25) is 5.89 Å². The van der Waals surface area contributed by atoms with Crippen molar-refractivity contribution in [3.63, 3.8) is 0 Å². The molecule has 0 bridgehead atoms. The van der Waals surface area contributed by atoms with Crippen molar-refractivity contribution in [1.29, 1.82) is 0 Å². The zero-order valence-electron chi connectivity index (χ0n) is 14.1. The molecule has 0 saturated carbocycles. The number of rotatable bonds is 8. The summed E-state index contributed by atoms with van der Waals surface area (Å²) in [7, 11) is 0. The van der Waals surface area contributed by atoms with Crippen LogP contribution in [0.15, 0.2) is 28.8 Å². The number of aliphatic hydroxyl groups excluding tert-OH is 1. The highest BCUT2D eigenvalue weighted by molar-refractivity contribution is 5.31. The Morgan fingerprint density at radius 1 is 1.26 bits per heavy atom. The van der Waals surface area contributed by atoms with Gasteiger partial charge in [0.05, 0.1) is 6.04 Å². The number of hydrogen-bond donors (Lipinski definition) is 2. The minimum absolute atomic E-state index is 0.0932. The van der Waals surface area contributed by atoms with E-state index in [0.29, 0.717) is 18.3 Å². The van der Waals surface area contributed by atoms with E-state index in [2.05, 4.69) is 29.3 Å². The summed E-state index contributed by atoms with van der Waals surface area (Å²) in [5.74, 6) is 2.21. The van der Waals surface area contributed by atoms with Crippen LogP contribution >= 0.6 is 0 Å². The summed E-state index contributed by atoms with van der Waals surface area (Å²) >= 11 is 0. The second kappa shape index (κ2) is 8.08. The Hall–Kier alpha value is -1.92. The van der Waals surface area contributed by atoms with Gasteiger partial charge in [-0.3, -0.25) is 0 Å². The van der Waals surface area contributed by atoms with Crippen molar-refractivity contribution >= 4 is 0 Å². The molecule has 23 heavy (non-hydrogen) atoms. The maximum absolute atomic E-state index is 10.1. The molecule has 2 N–H and O–H groups in total. The van der Waals surface area contributed by atoms with Crippen molar-refractivity contribution in [3.8, 4) is 5.75 Å². The quantitative estimate of drug-likeness (QED) is 0.778. The fourth-order valence-corrected chi connectivity index (χ4v) is 2.27. The van der Waals surface area contributed by atoms with Crippen molar-refractivity contribution in [3.05, 3.63) is 41.5 Å². The molecule has 0 saturated heterocycles. The first-order valence-electron chi connectivity index (χ1n) is 7.87. The van der Waals surface area contributed by atoms with Crippen molar-refractivity contribution in [2.24, 2.45) is 5.92 Å². The Balaban J connectivity index is 1.84. The Labute approximate surface area is 136 Å². The molecular weight excluding hydrogens is 294 g/mol. The first kappa shape index (κ1) is 17.4. The summed E-state index contributed by atoms with van der Waals surface area (Å²) in [6, 6.07) is 7.66. The lowest BCUT2D eigenvalue weighted by Crippen LogP contribution is -2.36. The molecule has 1 aromatic heterocycles. The first-order chi connectivity index (χ1) is 11.0. The van der Waals surface area contributed by atoms with Crippen LogP contribution in [0.4, 0.5) is 0 Å². The zero-order valence-corrected chi connectivity index (χ0v) is 14.1. The number of nitrogens with zero attached hydrogens (tertiary/aromatic N) is 2. The molecule has 6 nitrogen and oxygen atoms in total. The number of aromatic nitrogens is 2. The molecule has 0 aliphatic heterocycles. The Morgan fingerprint density at radius 3 is 2.61 bits per heavy atom. The van der Waals surface area contributed by atoms with Crippen LogP contribution in [0.1, 0.15) is 37.2 Å². The van der Waals surface area contributed by atoms with Crippen molar-refractivity contribution in [2.75, 3.05) is 13.2 Å². The average molecular weight is 319 g/mol. The number of nitrogens with one attached hydrogen (secondary N) is 1. The molecular formula is C17H25N3O3. The molecule has 0 aliphatic carbocycles. The number of para-hydroxylation sites is 1. The Morgan fingerprint density at radius 2 is 2.00 bits per heavy atom. The van der Waals surface area contributed by atoms with Gasteiger partial charge in [0.25, 0.3) is 0 Å². The van der Waals surface area contributed by atoms with Crippen molar-refractivity contribution in [1.82, 2.24) is 15.5 Å². The van der Waals surface area contributed by atoms with Crippen LogP contribution in [0.5, 0.6) is 5.75 Å². The number of aryl methyl sites for hydroxylation is 2. The van der Waals surface area contributed by atoms with Gasteiger partial charge in [-0.25, -0.2) is 0 Å². The predicted molar refractivity (Wildman–Crippen MR) is 87.3 cm³/mol. The molecule has 0 spiro atoms. The van der Waals surface area contributed by atoms with E-state index >= 15 is 0 Å². The summed E-state index contributed by atoms with van der Waals surface area (Å²) in [6.45, 7) is 8.50. The third-order valence-corrected chi connectivity index (χ3v) is 3.57. The van der Waals surface area contributed by atoms with Crippen LogP contribution in [-0.4, -0.2) is 34.5 Å². The van der Waals surface area contributed by atoms with E-state index in [1.165, 1.54) is 0 Å². The summed E-state index contributed by atoms with van der Waals surface area (Å²) in [5, 5.41) is 17.2. The second-order valence-corrected chi connectivity index (χ2v) is 6.04. The van der Waals surface area contributed by atoms with Crippen molar-refractivity contribution in [2.45, 2.75) is 39.8 Å². The average Bonchev–Trinajstić information content (AvgIpc) is 2.92. The van der Waals surface area contributed by atoms with E-state index in [-0.39, 0.29) is 18.6 Å². The third-order valence-electron chi connectivity index (χ3n) is 3.57. The van der Waals surface area contributed by atoms with E-state index in [0.717, 1.165) is 11.3 Å². The molecule has 0 fully saturated rings. The molecule has 0 radical (unpaired) electrons. The van der Waals surface area contributed by atoms with E-state index in [9.17, 15) is 5.11 Å². The summed E-state index contributed by atoms with van der Waals surface area (Å²) < 4.78 is 10.9. The molecule has 2 aromatic rings. The highest BCUT2D eigenvalue weighted by Gasteiger charge is 2.22. The summed E-state index contributed by atoms with van der Waals surface area (Å²) in [5.41, 5.74) is 1.05. The van der Waals surface area contributed by atoms with Gasteiger partial charge in [-0.2, -0.15) is 4.98 Å². The molecule has 1 aromatic carbocycles. The minimum Gasteiger partial charge on any atom is -0.491 e. The SMILES string of the molecule is Cc1noc(C(NCC(O)COc2ccccc2C)C(C)C)n1. The molecule has 6 heteroatoms. The van der Waals surface area contributed by atoms with E-state index in [1.807, 2.05) is 31.2 Å². The minimum atomic E-state index is -0.625. The number of ether oxygens (including phenoxy) is 1. The van der Waals surface area contributed by atoms with Gasteiger partial charge >= 0.3 is 0 Å². The molecule has 2 unspecified atom stereocenters. The van der Waals surface area contributed by atoms with E-state index in [1.54, 1.807) is 6.92 Å². The largest absolute Gasteiger partial charge is 0.491 e. The fraction of sp³-hybridized carbons (Fsp3) is 0.529. The molecule has 1 heterocycles. The topological polar surface area (TPSA) is 80.4 Å². The number of benzene rings is 1. The van der Waals surface area contributed by atoms with Gasteiger partial charge < -0.3 is 19.7 Å². The van der Waals surface area contributed by atoms with Crippen LogP contribution in [-0.2, 0) is 0 Å². The molecule has 0 amide bonds. The van der Waals surface area contributed by atoms with Gasteiger partial charge in [0.15, 0.2) is 5.82 Å². The van der Waals surface area contributed by atoms with Gasteiger partial charge in [-0.1, -0.05) is 37.2 Å². The zero-order chi connectivity index (χ0) is 16.8. The van der Waals surface area contributed by atoms with E-state index in [4.69, 9.17) is 9.26 Å². The van der Waals surface area contributed by atoms with Gasteiger partial charge in [-0.05, 0) is 31.4 Å². The third kappa shape index (κ3) is 5.04. The van der Waals surface area contributed by atoms with Gasteiger partial charge in [0, 0.05) is 6.54 Å². The summed E-state index contributed by atoms with van der Waals surface area (Å²) in [6.07, 6.45) is -0.625. The van der Waals surface area contributed by atoms with Gasteiger partial charge in [0.1, 0.15) is 18.5 Å². The first-order valence-corrected chi connectivity index (χ1v) is 7.87. The predicted octanol–water partition coefficient (Wildman–Crippen LogP) is 2.41. The lowest BCUT2D eigenvalue weighted by molar-refractivity contribution is 0.0990. The molecule has 126 valence electrons. The number of hydrogen-bond acceptors (Lipinski definition) is 6. The Kier molecular flexibility index (Phi) is 6.12. The second-order valence-electron chi connectivity index (χ2n) is 6.04. The smallest absolute Gasteiger partial charge is 0.244 e.